The second kappa shape index (κ2) is 19.5. The first-order valence-corrected chi connectivity index (χ1v) is 14.8. The van der Waals surface area contributed by atoms with Gasteiger partial charge in [-0.05, 0) is 53.7 Å². The average molecular weight is 631 g/mol. The summed E-state index contributed by atoms with van der Waals surface area (Å²) in [5.41, 5.74) is -1.68. The number of rotatable bonds is 2. The number of carbonyl (C=O) groups excluding carboxylic acids is 2. The van der Waals surface area contributed by atoms with E-state index in [4.69, 9.17) is 47.4 Å². The predicted molar refractivity (Wildman–Crippen MR) is 159 cm³/mol. The molecule has 0 aromatic heterocycles. The smallest absolute Gasteiger partial charge is 0.412 e. The molecule has 0 atom stereocenters. The molecule has 1 heterocycles. The molecule has 1 aromatic rings. The molecule has 252 valence electrons. The molecular formula is C30H50N2O12. The van der Waals surface area contributed by atoms with Gasteiger partial charge < -0.3 is 47.4 Å². The van der Waals surface area contributed by atoms with Gasteiger partial charge in [-0.25, -0.2) is 9.59 Å². The lowest BCUT2D eigenvalue weighted by Gasteiger charge is -2.36. The molecule has 14 nitrogen and oxygen atoms in total. The summed E-state index contributed by atoms with van der Waals surface area (Å²) in [5, 5.41) is 5.24. The number of para-hydroxylation sites is 2. The number of benzene rings is 1. The van der Waals surface area contributed by atoms with Crippen molar-refractivity contribution in [2.75, 3.05) is 85.9 Å². The molecule has 14 heteroatoms. The number of hydrogen-bond acceptors (Lipinski definition) is 12. The highest BCUT2D eigenvalue weighted by Crippen LogP contribution is 2.29. The molecule has 44 heavy (non-hydrogen) atoms. The first kappa shape index (κ1) is 37.3. The van der Waals surface area contributed by atoms with Crippen molar-refractivity contribution in [3.05, 3.63) is 24.3 Å². The van der Waals surface area contributed by atoms with Crippen molar-refractivity contribution in [1.82, 2.24) is 10.6 Å². The van der Waals surface area contributed by atoms with Gasteiger partial charge >= 0.3 is 12.2 Å². The average Bonchev–Trinajstić information content (AvgIpc) is 2.90. The van der Waals surface area contributed by atoms with Gasteiger partial charge in [-0.1, -0.05) is 12.1 Å². The normalized spacial score (nSPS) is 19.0. The molecule has 0 unspecified atom stereocenters. The van der Waals surface area contributed by atoms with E-state index in [0.717, 1.165) is 0 Å². The third kappa shape index (κ3) is 17.4. The van der Waals surface area contributed by atoms with Gasteiger partial charge in [0.25, 0.3) is 5.85 Å². The highest BCUT2D eigenvalue weighted by atomic mass is 16.6. The summed E-state index contributed by atoms with van der Waals surface area (Å²) < 4.78 is 56.6. The second-order valence-corrected chi connectivity index (χ2v) is 11.6. The molecule has 0 spiro atoms. The summed E-state index contributed by atoms with van der Waals surface area (Å²) >= 11 is 0. The van der Waals surface area contributed by atoms with Crippen LogP contribution in [-0.2, 0) is 37.9 Å². The lowest BCUT2D eigenvalue weighted by molar-refractivity contribution is -0.0860. The number of carbonyl (C=O) groups is 2. The standard InChI is InChI=1S/C30H50N2O12/c1-28(2,3)43-26(33)31-30(32-27(34)44-29(4,5)6)23-40-20-19-38-16-15-36-12-11-35-13-14-37-17-18-39-21-22-41-24-9-7-8-10-25(24)42-30/h7-10H,11-23H2,1-6H3,(H,31,33)(H,32,34). The zero-order valence-electron chi connectivity index (χ0n) is 26.9. The molecule has 0 saturated heterocycles. The molecule has 2 amide bonds. The molecule has 1 aromatic carbocycles. The number of nitrogens with one attached hydrogen (secondary N) is 2. The largest absolute Gasteiger partial charge is 0.487 e. The molecule has 1 aliphatic heterocycles. The molecule has 1 aliphatic rings. The van der Waals surface area contributed by atoms with Gasteiger partial charge in [0, 0.05) is 0 Å². The van der Waals surface area contributed by atoms with E-state index in [1.807, 2.05) is 0 Å². The lowest BCUT2D eigenvalue weighted by Crippen LogP contribution is -2.68. The van der Waals surface area contributed by atoms with Gasteiger partial charge in [-0.15, -0.1) is 0 Å². The fourth-order valence-electron chi connectivity index (χ4n) is 3.49. The molecule has 2 N–H and O–H groups in total. The number of ether oxygens (including phenoxy) is 10. The van der Waals surface area contributed by atoms with Crippen molar-refractivity contribution in [2.24, 2.45) is 0 Å². The molecule has 0 saturated carbocycles. The molecule has 0 radical (unpaired) electrons. The van der Waals surface area contributed by atoms with Crippen LogP contribution in [0.2, 0.25) is 0 Å². The van der Waals surface area contributed by atoms with Crippen molar-refractivity contribution in [3.8, 4) is 11.5 Å². The molecule has 0 fully saturated rings. The maximum Gasteiger partial charge on any atom is 0.412 e. The fourth-order valence-corrected chi connectivity index (χ4v) is 3.49. The Morgan fingerprint density at radius 1 is 0.591 bits per heavy atom. The maximum absolute atomic E-state index is 13.0. The van der Waals surface area contributed by atoms with Gasteiger partial charge in [0.15, 0.2) is 11.5 Å². The van der Waals surface area contributed by atoms with Crippen LogP contribution in [0.3, 0.4) is 0 Å². The molecule has 0 bridgehead atoms. The first-order chi connectivity index (χ1) is 20.9. The summed E-state index contributed by atoms with van der Waals surface area (Å²) in [7, 11) is 0. The van der Waals surface area contributed by atoms with Crippen LogP contribution in [0.4, 0.5) is 9.59 Å². The summed E-state index contributed by atoms with van der Waals surface area (Å²) in [5.74, 6) is -1.44. The summed E-state index contributed by atoms with van der Waals surface area (Å²) in [6, 6.07) is 6.79. The number of alkyl carbamates (subject to hydrolysis) is 2. The molecule has 2 rings (SSSR count). The van der Waals surface area contributed by atoms with Crippen LogP contribution in [-0.4, -0.2) is 115 Å². The van der Waals surface area contributed by atoms with Crippen LogP contribution < -0.4 is 20.1 Å². The number of fused-ring (bicyclic) bond motifs is 1. The Kier molecular flexibility index (Phi) is 16.5. The summed E-state index contributed by atoms with van der Waals surface area (Å²) in [6.45, 7) is 14.0. The zero-order valence-corrected chi connectivity index (χ0v) is 26.9. The number of hydrogen-bond donors (Lipinski definition) is 2. The summed E-state index contributed by atoms with van der Waals surface area (Å²) in [6.07, 6.45) is -1.73. The minimum Gasteiger partial charge on any atom is -0.487 e. The highest BCUT2D eigenvalue weighted by molar-refractivity contribution is 5.72. The van der Waals surface area contributed by atoms with Crippen molar-refractivity contribution < 1.29 is 57.0 Å². The van der Waals surface area contributed by atoms with Gasteiger partial charge in [0.05, 0.1) is 72.7 Å². The van der Waals surface area contributed by atoms with Crippen molar-refractivity contribution in [3.63, 3.8) is 0 Å². The van der Waals surface area contributed by atoms with Crippen molar-refractivity contribution in [1.29, 1.82) is 0 Å². The third-order valence-electron chi connectivity index (χ3n) is 5.19. The van der Waals surface area contributed by atoms with Crippen LogP contribution in [0.5, 0.6) is 11.5 Å². The minimum atomic E-state index is -1.98. The Hall–Kier alpha value is -2.88. The van der Waals surface area contributed by atoms with E-state index >= 15 is 0 Å². The molecular weight excluding hydrogens is 580 g/mol. The Morgan fingerprint density at radius 2 is 0.955 bits per heavy atom. The zero-order chi connectivity index (χ0) is 32.3. The van der Waals surface area contributed by atoms with E-state index in [2.05, 4.69) is 10.6 Å². The van der Waals surface area contributed by atoms with Gasteiger partial charge in [0.1, 0.15) is 24.4 Å². The van der Waals surface area contributed by atoms with Crippen LogP contribution in [0, 0.1) is 0 Å². The van der Waals surface area contributed by atoms with Gasteiger partial charge in [-0.3, -0.25) is 10.6 Å². The number of amides is 2. The van der Waals surface area contributed by atoms with Crippen LogP contribution in [0.25, 0.3) is 0 Å². The van der Waals surface area contributed by atoms with Crippen LogP contribution >= 0.6 is 0 Å². The van der Waals surface area contributed by atoms with E-state index in [-0.39, 0.29) is 38.8 Å². The van der Waals surface area contributed by atoms with E-state index < -0.39 is 29.2 Å². The van der Waals surface area contributed by atoms with E-state index in [0.29, 0.717) is 58.6 Å². The third-order valence-corrected chi connectivity index (χ3v) is 5.19. The highest BCUT2D eigenvalue weighted by Gasteiger charge is 2.41. The Labute approximate surface area is 260 Å². The van der Waals surface area contributed by atoms with E-state index in [9.17, 15) is 9.59 Å². The van der Waals surface area contributed by atoms with Crippen LogP contribution in [0.15, 0.2) is 24.3 Å². The maximum atomic E-state index is 13.0. The summed E-state index contributed by atoms with van der Waals surface area (Å²) in [4.78, 5) is 26.1. The first-order valence-electron chi connectivity index (χ1n) is 14.8. The second-order valence-electron chi connectivity index (χ2n) is 11.6. The van der Waals surface area contributed by atoms with E-state index in [1.54, 1.807) is 65.8 Å². The SMILES string of the molecule is CC(C)(C)OC(=O)NC1(NC(=O)OC(C)(C)C)COCCOCCOCCOCCOCCOCCOc2ccccc2O1. The van der Waals surface area contributed by atoms with Crippen LogP contribution in [0.1, 0.15) is 41.5 Å². The quantitative estimate of drug-likeness (QED) is 0.462. The van der Waals surface area contributed by atoms with Gasteiger partial charge in [0.2, 0.25) is 0 Å². The Balaban J connectivity index is 2.28. The lowest BCUT2D eigenvalue weighted by atomic mass is 10.2. The Bertz CT molecular complexity index is 934. The van der Waals surface area contributed by atoms with Crippen molar-refractivity contribution >= 4 is 12.2 Å². The fraction of sp³-hybridized carbons (Fsp3) is 0.733. The topological polar surface area (TPSA) is 150 Å². The monoisotopic (exact) mass is 630 g/mol. The van der Waals surface area contributed by atoms with Gasteiger partial charge in [-0.2, -0.15) is 0 Å². The predicted octanol–water partition coefficient (Wildman–Crippen LogP) is 3.26. The van der Waals surface area contributed by atoms with Crippen molar-refractivity contribution in [2.45, 2.75) is 58.6 Å². The molecule has 0 aliphatic carbocycles. The van der Waals surface area contributed by atoms with E-state index in [1.165, 1.54) is 0 Å². The minimum absolute atomic E-state index is 0.107. The Morgan fingerprint density at radius 3 is 1.36 bits per heavy atom.